The van der Waals surface area contributed by atoms with Crippen molar-refractivity contribution < 1.29 is 9.90 Å². The van der Waals surface area contributed by atoms with E-state index in [-0.39, 0.29) is 5.41 Å². The fourth-order valence-electron chi connectivity index (χ4n) is 4.81. The summed E-state index contributed by atoms with van der Waals surface area (Å²) < 4.78 is 0. The van der Waals surface area contributed by atoms with Crippen molar-refractivity contribution in [3.05, 3.63) is 0 Å². The Morgan fingerprint density at radius 2 is 2.14 bits per heavy atom. The third-order valence-corrected chi connectivity index (χ3v) is 5.34. The van der Waals surface area contributed by atoms with Gasteiger partial charge in [0, 0.05) is 0 Å². The summed E-state index contributed by atoms with van der Waals surface area (Å²) in [7, 11) is 0. The average molecular weight is 194 g/mol. The molecule has 0 amide bonds. The fourth-order valence-corrected chi connectivity index (χ4v) is 4.81. The van der Waals surface area contributed by atoms with E-state index in [1.165, 1.54) is 25.7 Å². The van der Waals surface area contributed by atoms with Crippen LogP contribution in [0.25, 0.3) is 0 Å². The molecule has 78 valence electrons. The van der Waals surface area contributed by atoms with Gasteiger partial charge >= 0.3 is 5.97 Å². The Hall–Kier alpha value is -0.530. The first-order valence-corrected chi connectivity index (χ1v) is 5.83. The third kappa shape index (κ3) is 0.896. The van der Waals surface area contributed by atoms with Crippen LogP contribution in [0.15, 0.2) is 0 Å². The lowest BCUT2D eigenvalue weighted by molar-refractivity contribution is -0.154. The van der Waals surface area contributed by atoms with Crippen molar-refractivity contribution in [1.29, 1.82) is 0 Å². The van der Waals surface area contributed by atoms with E-state index in [1.807, 2.05) is 0 Å². The molecule has 2 heteroatoms. The molecule has 2 unspecified atom stereocenters. The third-order valence-electron chi connectivity index (χ3n) is 5.34. The minimum atomic E-state index is -0.596. The van der Waals surface area contributed by atoms with Crippen LogP contribution in [0, 0.1) is 29.1 Å². The van der Waals surface area contributed by atoms with E-state index in [2.05, 4.69) is 6.92 Å². The van der Waals surface area contributed by atoms with Crippen LogP contribution in [0.2, 0.25) is 0 Å². The Morgan fingerprint density at radius 3 is 2.86 bits per heavy atom. The van der Waals surface area contributed by atoms with Crippen molar-refractivity contribution in [2.75, 3.05) is 0 Å². The molecule has 0 heterocycles. The molecule has 5 atom stereocenters. The van der Waals surface area contributed by atoms with Gasteiger partial charge in [0.05, 0.1) is 6.42 Å². The highest BCUT2D eigenvalue weighted by Gasteiger charge is 2.64. The zero-order valence-corrected chi connectivity index (χ0v) is 8.70. The molecule has 14 heavy (non-hydrogen) atoms. The molecule has 2 bridgehead atoms. The van der Waals surface area contributed by atoms with Crippen LogP contribution in [-0.4, -0.2) is 11.1 Å². The van der Waals surface area contributed by atoms with Gasteiger partial charge in [-0.25, -0.2) is 0 Å². The quantitative estimate of drug-likeness (QED) is 0.733. The molecular weight excluding hydrogens is 176 g/mol. The van der Waals surface area contributed by atoms with E-state index in [0.29, 0.717) is 6.42 Å². The summed E-state index contributed by atoms with van der Waals surface area (Å²) in [6, 6.07) is 0. The number of rotatable bonds is 2. The Balaban J connectivity index is 1.85. The topological polar surface area (TPSA) is 37.3 Å². The van der Waals surface area contributed by atoms with Gasteiger partial charge < -0.3 is 5.11 Å². The molecule has 0 spiro atoms. The highest BCUT2D eigenvalue weighted by Crippen LogP contribution is 2.70. The van der Waals surface area contributed by atoms with Crippen LogP contribution in [-0.2, 0) is 4.79 Å². The number of hydrogen-bond donors (Lipinski definition) is 1. The largest absolute Gasteiger partial charge is 0.481 e. The number of carbonyl (C=O) groups is 1. The molecule has 3 saturated carbocycles. The molecule has 0 aromatic rings. The summed E-state index contributed by atoms with van der Waals surface area (Å²) in [6.07, 6.45) is 5.81. The highest BCUT2D eigenvalue weighted by molar-refractivity contribution is 5.68. The Labute approximate surface area is 84.7 Å². The second kappa shape index (κ2) is 2.53. The van der Waals surface area contributed by atoms with Crippen LogP contribution in [0.4, 0.5) is 0 Å². The van der Waals surface area contributed by atoms with Gasteiger partial charge in [-0.3, -0.25) is 4.79 Å². The molecule has 3 fully saturated rings. The van der Waals surface area contributed by atoms with Crippen LogP contribution < -0.4 is 0 Å². The molecule has 0 aliphatic heterocycles. The molecule has 1 N–H and O–H groups in total. The van der Waals surface area contributed by atoms with Gasteiger partial charge in [-0.05, 0) is 48.3 Å². The summed E-state index contributed by atoms with van der Waals surface area (Å²) in [5.41, 5.74) is 0.155. The van der Waals surface area contributed by atoms with Gasteiger partial charge in [0.25, 0.3) is 0 Å². The summed E-state index contributed by atoms with van der Waals surface area (Å²) in [6.45, 7) is 2.22. The van der Waals surface area contributed by atoms with Crippen LogP contribution in [0.1, 0.15) is 39.0 Å². The van der Waals surface area contributed by atoms with Gasteiger partial charge in [-0.15, -0.1) is 0 Å². The summed E-state index contributed by atoms with van der Waals surface area (Å²) >= 11 is 0. The van der Waals surface area contributed by atoms with Crippen LogP contribution in [0.3, 0.4) is 0 Å². The molecular formula is C12H18O2. The number of hydrogen-bond acceptors (Lipinski definition) is 1. The summed E-state index contributed by atoms with van der Waals surface area (Å²) in [5, 5.41) is 8.96. The first kappa shape index (κ1) is 8.75. The molecule has 2 nitrogen and oxygen atoms in total. The maximum atomic E-state index is 10.9. The van der Waals surface area contributed by atoms with Crippen molar-refractivity contribution in [1.82, 2.24) is 0 Å². The SMILES string of the molecule is C[C@@]1(CC(=O)O)C2C[C@@H]3CC[C@H]1C2C3. The lowest BCUT2D eigenvalue weighted by Gasteiger charge is -2.58. The van der Waals surface area contributed by atoms with Gasteiger partial charge in [0.15, 0.2) is 0 Å². The first-order valence-electron chi connectivity index (χ1n) is 5.83. The first-order chi connectivity index (χ1) is 6.61. The van der Waals surface area contributed by atoms with Crippen molar-refractivity contribution in [2.45, 2.75) is 39.0 Å². The Kier molecular flexibility index (Phi) is 1.58. The average Bonchev–Trinajstić information content (AvgIpc) is 2.31. The molecule has 3 rings (SSSR count). The van der Waals surface area contributed by atoms with Crippen molar-refractivity contribution >= 4 is 5.97 Å². The number of carboxylic acids is 1. The minimum Gasteiger partial charge on any atom is -0.481 e. The minimum absolute atomic E-state index is 0.155. The number of aliphatic carboxylic acids is 1. The molecule has 0 aromatic carbocycles. The van der Waals surface area contributed by atoms with E-state index >= 15 is 0 Å². The normalized spacial score (nSPS) is 54.1. The van der Waals surface area contributed by atoms with E-state index in [0.717, 1.165) is 23.7 Å². The Bertz CT molecular complexity index is 278. The van der Waals surface area contributed by atoms with Crippen molar-refractivity contribution in [2.24, 2.45) is 29.1 Å². The second-order valence-corrected chi connectivity index (χ2v) is 5.87. The lowest BCUT2D eigenvalue weighted by atomic mass is 9.46. The number of fused-ring (bicyclic) bond motifs is 1. The molecule has 3 aliphatic rings. The van der Waals surface area contributed by atoms with E-state index in [9.17, 15) is 4.79 Å². The van der Waals surface area contributed by atoms with Crippen molar-refractivity contribution in [3.63, 3.8) is 0 Å². The predicted molar refractivity (Wildman–Crippen MR) is 52.8 cm³/mol. The standard InChI is InChI=1S/C12H18O2/c1-12(6-11(13)14)9-3-2-7-4-8(9)10(12)5-7/h7-10H,2-6H2,1H3,(H,13,14)/t7-,8?,9+,10?,12+/m1/s1. The summed E-state index contributed by atoms with van der Waals surface area (Å²) in [4.78, 5) is 10.9. The fraction of sp³-hybridized carbons (Fsp3) is 0.917. The van der Waals surface area contributed by atoms with Gasteiger partial charge in [-0.1, -0.05) is 13.3 Å². The maximum Gasteiger partial charge on any atom is 0.303 e. The monoisotopic (exact) mass is 194 g/mol. The zero-order valence-electron chi connectivity index (χ0n) is 8.70. The van der Waals surface area contributed by atoms with Gasteiger partial charge in [0.2, 0.25) is 0 Å². The van der Waals surface area contributed by atoms with Gasteiger partial charge in [0.1, 0.15) is 0 Å². The van der Waals surface area contributed by atoms with E-state index < -0.39 is 5.97 Å². The smallest absolute Gasteiger partial charge is 0.303 e. The summed E-state index contributed by atoms with van der Waals surface area (Å²) in [5.74, 6) is 2.73. The van der Waals surface area contributed by atoms with Crippen LogP contribution >= 0.6 is 0 Å². The second-order valence-electron chi connectivity index (χ2n) is 5.87. The van der Waals surface area contributed by atoms with E-state index in [1.54, 1.807) is 0 Å². The zero-order chi connectivity index (χ0) is 9.92. The van der Waals surface area contributed by atoms with Crippen LogP contribution in [0.5, 0.6) is 0 Å². The van der Waals surface area contributed by atoms with E-state index in [4.69, 9.17) is 5.11 Å². The molecule has 3 aliphatic carbocycles. The predicted octanol–water partition coefficient (Wildman–Crippen LogP) is 2.53. The molecule has 0 radical (unpaired) electrons. The molecule has 0 aromatic heterocycles. The lowest BCUT2D eigenvalue weighted by Crippen LogP contribution is -2.53. The highest BCUT2D eigenvalue weighted by atomic mass is 16.4. The maximum absolute atomic E-state index is 10.9. The number of carboxylic acid groups (broad SMARTS) is 1. The van der Waals surface area contributed by atoms with Crippen molar-refractivity contribution in [3.8, 4) is 0 Å². The molecule has 0 saturated heterocycles. The van der Waals surface area contributed by atoms with Gasteiger partial charge in [-0.2, -0.15) is 0 Å². The Morgan fingerprint density at radius 1 is 1.36 bits per heavy atom.